The molecule has 2 aromatic rings. The van der Waals surface area contributed by atoms with Crippen molar-refractivity contribution in [2.45, 2.75) is 76.6 Å². The maximum absolute atomic E-state index is 10.4. The fourth-order valence-corrected chi connectivity index (χ4v) is 4.23. The van der Waals surface area contributed by atoms with E-state index in [4.69, 9.17) is 9.47 Å². The summed E-state index contributed by atoms with van der Waals surface area (Å²) in [6.07, 6.45) is 5.72. The Kier molecular flexibility index (Phi) is 8.04. The van der Waals surface area contributed by atoms with Crippen LogP contribution in [0.15, 0.2) is 30.3 Å². The maximum atomic E-state index is 10.4. The summed E-state index contributed by atoms with van der Waals surface area (Å²) in [6.45, 7) is 2.16. The molecule has 6 nitrogen and oxygen atoms in total. The van der Waals surface area contributed by atoms with E-state index in [2.05, 4.69) is 13.0 Å². The van der Waals surface area contributed by atoms with Gasteiger partial charge in [0.2, 0.25) is 5.75 Å². The van der Waals surface area contributed by atoms with E-state index in [0.717, 1.165) is 49.7 Å². The number of hydrogen-bond acceptors (Lipinski definition) is 6. The highest BCUT2D eigenvalue weighted by Crippen LogP contribution is 2.41. The number of unbranched alkanes of at least 4 members (excludes halogenated alkanes) is 2. The Morgan fingerprint density at radius 3 is 2.55 bits per heavy atom. The smallest absolute Gasteiger partial charge is 0.200 e. The van der Waals surface area contributed by atoms with Crippen LogP contribution in [0.25, 0.3) is 0 Å². The van der Waals surface area contributed by atoms with Gasteiger partial charge in [0, 0.05) is 6.42 Å². The zero-order chi connectivity index (χ0) is 22.4. The van der Waals surface area contributed by atoms with E-state index in [1.165, 1.54) is 13.2 Å². The van der Waals surface area contributed by atoms with E-state index in [1.807, 2.05) is 6.07 Å². The van der Waals surface area contributed by atoms with Gasteiger partial charge in [-0.15, -0.1) is 0 Å². The molecule has 0 bridgehead atoms. The molecule has 3 atom stereocenters. The van der Waals surface area contributed by atoms with Crippen LogP contribution < -0.4 is 4.74 Å². The number of aromatic hydroxyl groups is 3. The number of ether oxygens (including phenoxy) is 2. The number of phenolic OH excluding ortho intramolecular Hbond substituents is 3. The van der Waals surface area contributed by atoms with Crippen molar-refractivity contribution in [3.63, 3.8) is 0 Å². The summed E-state index contributed by atoms with van der Waals surface area (Å²) in [5.74, 6) is -0.0456. The van der Waals surface area contributed by atoms with Gasteiger partial charge in [-0.2, -0.15) is 0 Å². The first-order valence-electron chi connectivity index (χ1n) is 11.1. The van der Waals surface area contributed by atoms with Crippen LogP contribution in [-0.4, -0.2) is 39.7 Å². The van der Waals surface area contributed by atoms with Crippen LogP contribution in [0.3, 0.4) is 0 Å². The van der Waals surface area contributed by atoms with Gasteiger partial charge in [-0.1, -0.05) is 31.9 Å². The lowest BCUT2D eigenvalue weighted by atomic mass is 9.92. The number of benzene rings is 2. The largest absolute Gasteiger partial charge is 0.508 e. The minimum Gasteiger partial charge on any atom is -0.508 e. The molecule has 0 aliphatic carbocycles. The Hall–Kier alpha value is -2.44. The predicted molar refractivity (Wildman–Crippen MR) is 119 cm³/mol. The Bertz CT molecular complexity index is 865. The van der Waals surface area contributed by atoms with E-state index >= 15 is 0 Å². The summed E-state index contributed by atoms with van der Waals surface area (Å²) in [5, 5.41) is 40.4. The summed E-state index contributed by atoms with van der Waals surface area (Å²) in [4.78, 5) is 0. The van der Waals surface area contributed by atoms with E-state index in [-0.39, 0.29) is 23.4 Å². The molecule has 0 aromatic heterocycles. The topological polar surface area (TPSA) is 99.4 Å². The van der Waals surface area contributed by atoms with Crippen LogP contribution in [0.1, 0.15) is 68.2 Å². The van der Waals surface area contributed by atoms with Crippen molar-refractivity contribution in [3.05, 3.63) is 47.0 Å². The highest BCUT2D eigenvalue weighted by molar-refractivity contribution is 5.52. The molecule has 0 amide bonds. The third kappa shape index (κ3) is 6.05. The van der Waals surface area contributed by atoms with E-state index < -0.39 is 12.2 Å². The first kappa shape index (κ1) is 23.2. The van der Waals surface area contributed by atoms with Gasteiger partial charge < -0.3 is 29.9 Å². The third-order valence-electron chi connectivity index (χ3n) is 6.00. The molecule has 170 valence electrons. The normalized spacial score (nSPS) is 21.2. The zero-order valence-electron chi connectivity index (χ0n) is 18.4. The summed E-state index contributed by atoms with van der Waals surface area (Å²) in [5.41, 5.74) is 2.80. The molecule has 0 radical (unpaired) electrons. The van der Waals surface area contributed by atoms with Gasteiger partial charge in [0.25, 0.3) is 0 Å². The van der Waals surface area contributed by atoms with Gasteiger partial charge >= 0.3 is 0 Å². The molecule has 3 rings (SSSR count). The monoisotopic (exact) mass is 430 g/mol. The van der Waals surface area contributed by atoms with Crippen LogP contribution in [0.5, 0.6) is 23.0 Å². The Morgan fingerprint density at radius 2 is 1.81 bits per heavy atom. The van der Waals surface area contributed by atoms with Crippen molar-refractivity contribution in [1.29, 1.82) is 0 Å². The molecular weight excluding hydrogens is 396 g/mol. The van der Waals surface area contributed by atoms with Gasteiger partial charge in [0.1, 0.15) is 5.75 Å². The number of hydrogen-bond donors (Lipinski definition) is 4. The number of aliphatic hydroxyl groups excluding tert-OH is 1. The number of aryl methyl sites for hydroxylation is 2. The van der Waals surface area contributed by atoms with Crippen LogP contribution >= 0.6 is 0 Å². The Labute approximate surface area is 184 Å². The van der Waals surface area contributed by atoms with Crippen LogP contribution in [0, 0.1) is 0 Å². The Balaban J connectivity index is 1.65. The number of rotatable bonds is 9. The fraction of sp³-hybridized carbons (Fsp3) is 0.520. The Morgan fingerprint density at radius 1 is 1.00 bits per heavy atom. The van der Waals surface area contributed by atoms with Gasteiger partial charge in [-0.25, -0.2) is 0 Å². The molecule has 4 N–H and O–H groups in total. The van der Waals surface area contributed by atoms with E-state index in [9.17, 15) is 20.4 Å². The highest BCUT2D eigenvalue weighted by Gasteiger charge is 2.30. The van der Waals surface area contributed by atoms with E-state index in [1.54, 1.807) is 12.1 Å². The highest BCUT2D eigenvalue weighted by atomic mass is 16.5. The molecule has 0 spiro atoms. The van der Waals surface area contributed by atoms with Crippen LogP contribution in [0.2, 0.25) is 0 Å². The lowest BCUT2D eigenvalue weighted by molar-refractivity contribution is -0.0999. The lowest BCUT2D eigenvalue weighted by Gasteiger charge is -2.34. The average molecular weight is 431 g/mol. The van der Waals surface area contributed by atoms with Crippen molar-refractivity contribution >= 4 is 0 Å². The number of methoxy groups -OCH3 is 1. The van der Waals surface area contributed by atoms with Crippen LogP contribution in [0.4, 0.5) is 0 Å². The molecule has 0 unspecified atom stereocenters. The molecule has 1 heterocycles. The summed E-state index contributed by atoms with van der Waals surface area (Å²) in [6, 6.07) is 8.88. The van der Waals surface area contributed by atoms with Crippen molar-refractivity contribution in [1.82, 2.24) is 0 Å². The molecule has 1 saturated heterocycles. The average Bonchev–Trinajstić information content (AvgIpc) is 2.75. The molecule has 1 aliphatic heterocycles. The second-order valence-corrected chi connectivity index (χ2v) is 8.42. The molecule has 1 fully saturated rings. The summed E-state index contributed by atoms with van der Waals surface area (Å²) >= 11 is 0. The predicted octanol–water partition coefficient (Wildman–Crippen LogP) is 4.76. The fourth-order valence-electron chi connectivity index (χ4n) is 4.23. The molecular formula is C25H34O6. The molecule has 31 heavy (non-hydrogen) atoms. The second kappa shape index (κ2) is 10.7. The van der Waals surface area contributed by atoms with Crippen molar-refractivity contribution in [3.8, 4) is 23.0 Å². The van der Waals surface area contributed by atoms with Gasteiger partial charge in [0.05, 0.1) is 25.4 Å². The second-order valence-electron chi connectivity index (χ2n) is 8.42. The standard InChI is InChI=1S/C25H34O6/c1-3-4-5-6-17-11-16(8-10-21(17)27)7-9-20-14-19(26)15-23(31-20)18-12-22(28)25(29)24(13-18)30-2/h8,10-13,19-20,23,26-29H,3-7,9,14-15H2,1-2H3/t19-,20+,23+/m1/s1. The summed E-state index contributed by atoms with van der Waals surface area (Å²) < 4.78 is 11.4. The summed E-state index contributed by atoms with van der Waals surface area (Å²) in [7, 11) is 1.42. The SMILES string of the molecule is CCCCCc1cc(CC[C@H]2C[C@@H](O)C[C@@H](c3cc(O)c(O)c(OC)c3)O2)ccc1O. The van der Waals surface area contributed by atoms with Crippen molar-refractivity contribution < 1.29 is 29.9 Å². The first-order valence-corrected chi connectivity index (χ1v) is 11.1. The molecule has 6 heteroatoms. The molecule has 1 aliphatic rings. The van der Waals surface area contributed by atoms with Crippen LogP contribution in [-0.2, 0) is 17.6 Å². The minimum atomic E-state index is -0.505. The number of aliphatic hydroxyl groups is 1. The third-order valence-corrected chi connectivity index (χ3v) is 6.00. The molecule has 0 saturated carbocycles. The minimum absolute atomic E-state index is 0.131. The zero-order valence-corrected chi connectivity index (χ0v) is 18.4. The first-order chi connectivity index (χ1) is 14.9. The van der Waals surface area contributed by atoms with Gasteiger partial charge in [-0.3, -0.25) is 0 Å². The number of phenols is 3. The maximum Gasteiger partial charge on any atom is 0.200 e. The van der Waals surface area contributed by atoms with Crippen molar-refractivity contribution in [2.75, 3.05) is 7.11 Å². The quantitative estimate of drug-likeness (QED) is 0.338. The van der Waals surface area contributed by atoms with E-state index in [0.29, 0.717) is 24.2 Å². The van der Waals surface area contributed by atoms with Crippen molar-refractivity contribution in [2.24, 2.45) is 0 Å². The molecule has 2 aromatic carbocycles. The van der Waals surface area contributed by atoms with Gasteiger partial charge in [0.15, 0.2) is 11.5 Å². The lowest BCUT2D eigenvalue weighted by Crippen LogP contribution is -2.31. The van der Waals surface area contributed by atoms with Gasteiger partial charge in [-0.05, 0) is 67.0 Å².